The first-order valence-electron chi connectivity index (χ1n) is 15.0. The Morgan fingerprint density at radius 1 is 0.658 bits per heavy atom. The van der Waals surface area contributed by atoms with Crippen LogP contribution in [-0.2, 0) is 28.4 Å². The molecule has 0 radical (unpaired) electrons. The van der Waals surface area contributed by atoms with Gasteiger partial charge < -0.3 is 0 Å². The molecule has 0 saturated carbocycles. The summed E-state index contributed by atoms with van der Waals surface area (Å²) >= 11 is -4.65. The van der Waals surface area contributed by atoms with E-state index in [1.54, 1.807) is 0 Å². The maximum absolute atomic E-state index is 8.54. The monoisotopic (exact) mass is 645 g/mol. The second kappa shape index (κ2) is 11.1. The third-order valence-corrected chi connectivity index (χ3v) is 62.3. The Bertz CT molecular complexity index is 1230. The third kappa shape index (κ3) is 4.47. The topological polar surface area (TPSA) is 0 Å². The summed E-state index contributed by atoms with van der Waals surface area (Å²) in [4.78, 5) is 0. The number of benzene rings is 2. The molecule has 0 bridgehead atoms. The first-order chi connectivity index (χ1) is 17.8. The van der Waals surface area contributed by atoms with Gasteiger partial charge in [-0.25, -0.2) is 0 Å². The molecular weight excluding hydrogens is 599 g/mol. The van der Waals surface area contributed by atoms with Crippen LogP contribution in [0.5, 0.6) is 0 Å². The van der Waals surface area contributed by atoms with Crippen molar-refractivity contribution in [1.82, 2.24) is 0 Å². The molecule has 2 aromatic carbocycles. The SMILES string of the molecule is CCCCc1ccc(C)c2c1C(C)=C(C)[CH]2[Zr]([Cl])([Cl])([CH]1C(C)=C(C)c2c(CCCC)ccc(C)c21)[SiH](C)C. The second-order valence-electron chi connectivity index (χ2n) is 12.7. The molecular formula is C34H49Cl2SiZr. The Balaban J connectivity index is 2.04. The van der Waals surface area contributed by atoms with E-state index in [4.69, 9.17) is 17.0 Å². The summed E-state index contributed by atoms with van der Waals surface area (Å²) in [5.74, 6) is -1.52. The summed E-state index contributed by atoms with van der Waals surface area (Å²) in [6.07, 6.45) is 7.14. The van der Waals surface area contributed by atoms with Crippen molar-refractivity contribution in [3.05, 3.63) is 79.9 Å². The molecule has 2 aromatic rings. The van der Waals surface area contributed by atoms with Crippen molar-refractivity contribution in [2.75, 3.05) is 0 Å². The van der Waals surface area contributed by atoms with E-state index in [1.165, 1.54) is 92.5 Å². The summed E-state index contributed by atoms with van der Waals surface area (Å²) in [7, 11) is 17.1. The van der Waals surface area contributed by atoms with E-state index in [9.17, 15) is 0 Å². The molecule has 2 atom stereocenters. The molecule has 0 heterocycles. The molecule has 207 valence electrons. The van der Waals surface area contributed by atoms with Gasteiger partial charge in [0.1, 0.15) is 0 Å². The van der Waals surface area contributed by atoms with Crippen molar-refractivity contribution in [3.8, 4) is 0 Å². The van der Waals surface area contributed by atoms with E-state index in [0.29, 0.717) is 0 Å². The van der Waals surface area contributed by atoms with Crippen LogP contribution in [0.1, 0.15) is 119 Å². The van der Waals surface area contributed by atoms with Gasteiger partial charge in [0.25, 0.3) is 0 Å². The van der Waals surface area contributed by atoms with Crippen molar-refractivity contribution in [2.45, 2.75) is 114 Å². The van der Waals surface area contributed by atoms with E-state index in [2.05, 4.69) is 92.7 Å². The fourth-order valence-electron chi connectivity index (χ4n) is 7.79. The van der Waals surface area contributed by atoms with Gasteiger partial charge in [-0.1, -0.05) is 0 Å². The van der Waals surface area contributed by atoms with Gasteiger partial charge in [-0.05, 0) is 0 Å². The van der Waals surface area contributed by atoms with Crippen LogP contribution in [0.15, 0.2) is 35.4 Å². The molecule has 0 aromatic heterocycles. The minimum absolute atomic E-state index is 0.195. The summed E-state index contributed by atoms with van der Waals surface area (Å²) in [5, 5.41) is 0. The van der Waals surface area contributed by atoms with Crippen LogP contribution in [-0.4, -0.2) is 5.92 Å². The first kappa shape index (κ1) is 30.6. The normalized spacial score (nSPS) is 20.3. The Labute approximate surface area is 242 Å². The van der Waals surface area contributed by atoms with E-state index in [-0.39, 0.29) is 7.25 Å². The summed E-state index contributed by atoms with van der Waals surface area (Å²) in [6.45, 7) is 23.5. The van der Waals surface area contributed by atoms with E-state index < -0.39 is 21.5 Å². The number of rotatable bonds is 9. The first-order valence-corrected chi connectivity index (χ1v) is 31.3. The van der Waals surface area contributed by atoms with Gasteiger partial charge in [-0.15, -0.1) is 0 Å². The Hall–Kier alpha value is -0.400. The zero-order valence-corrected chi connectivity index (χ0v) is 30.7. The number of hydrogen-bond donors (Lipinski definition) is 0. The molecule has 0 saturated heterocycles. The fraction of sp³-hybridized carbons (Fsp3) is 0.529. The number of fused-ring (bicyclic) bond motifs is 2. The standard InChI is InChI=1S/2C16H21.C2H7Si.2ClH.Zr/c2*1-5-6-7-14-9-8-11(2)15-10-12(3)13(4)16(14)15;1-3-2;;;/h2*8-10H,5-7H2,1-4H3;3H,1-2H3;2*1H;/q;;;;;+2/p-2. The zero-order chi connectivity index (χ0) is 28.2. The molecule has 0 fully saturated rings. The number of unbranched alkanes of at least 4 members (excludes halogenated alkanes) is 2. The Morgan fingerprint density at radius 3 is 1.34 bits per heavy atom. The van der Waals surface area contributed by atoms with Crippen molar-refractivity contribution in [1.29, 1.82) is 0 Å². The average molecular weight is 648 g/mol. The molecule has 0 nitrogen and oxygen atoms in total. The van der Waals surface area contributed by atoms with Crippen LogP contribution in [0, 0.1) is 13.8 Å². The number of halogens is 2. The van der Waals surface area contributed by atoms with Gasteiger partial charge in [0.2, 0.25) is 0 Å². The molecule has 0 amide bonds. The minimum atomic E-state index is -4.65. The molecule has 2 aliphatic carbocycles. The quantitative estimate of drug-likeness (QED) is 0.238. The van der Waals surface area contributed by atoms with Crippen molar-refractivity contribution in [3.63, 3.8) is 0 Å². The summed E-state index contributed by atoms with van der Waals surface area (Å²) in [5.41, 5.74) is 17.5. The maximum atomic E-state index is 8.54. The zero-order valence-electron chi connectivity index (χ0n) is 25.5. The molecule has 2 unspecified atom stereocenters. The van der Waals surface area contributed by atoms with Crippen LogP contribution < -0.4 is 0 Å². The van der Waals surface area contributed by atoms with Gasteiger partial charge in [0, 0.05) is 0 Å². The number of aryl methyl sites for hydroxylation is 4. The molecule has 4 rings (SSSR count). The van der Waals surface area contributed by atoms with E-state index >= 15 is 0 Å². The molecule has 4 heteroatoms. The predicted molar refractivity (Wildman–Crippen MR) is 172 cm³/mol. The van der Waals surface area contributed by atoms with Gasteiger partial charge in [-0.2, -0.15) is 0 Å². The average Bonchev–Trinajstić information content (AvgIpc) is 3.31. The van der Waals surface area contributed by atoms with Crippen molar-refractivity contribution >= 4 is 34.1 Å². The van der Waals surface area contributed by atoms with Gasteiger partial charge in [0.15, 0.2) is 0 Å². The van der Waals surface area contributed by atoms with Gasteiger partial charge >= 0.3 is 244 Å². The van der Waals surface area contributed by atoms with Crippen molar-refractivity contribution < 1.29 is 15.6 Å². The molecule has 2 aliphatic rings. The number of allylic oxidation sites excluding steroid dienone is 4. The summed E-state index contributed by atoms with van der Waals surface area (Å²) < 4.78 is 0.390. The fourth-order valence-corrected chi connectivity index (χ4v) is 40.8. The van der Waals surface area contributed by atoms with Crippen LogP contribution in [0.3, 0.4) is 0 Å². The van der Waals surface area contributed by atoms with Crippen LogP contribution in [0.25, 0.3) is 11.1 Å². The van der Waals surface area contributed by atoms with E-state index in [0.717, 1.165) is 12.8 Å². The van der Waals surface area contributed by atoms with Crippen LogP contribution in [0.2, 0.25) is 13.1 Å². The molecule has 0 spiro atoms. The molecule has 0 aliphatic heterocycles. The van der Waals surface area contributed by atoms with E-state index in [1.807, 2.05) is 0 Å². The van der Waals surface area contributed by atoms with Gasteiger partial charge in [-0.3, -0.25) is 0 Å². The Kier molecular flexibility index (Phi) is 8.94. The van der Waals surface area contributed by atoms with Crippen LogP contribution in [0.4, 0.5) is 0 Å². The predicted octanol–water partition coefficient (Wildman–Crippen LogP) is 11.4. The number of hydrogen-bond acceptors (Lipinski definition) is 0. The second-order valence-corrected chi connectivity index (χ2v) is 55.2. The van der Waals surface area contributed by atoms with Crippen molar-refractivity contribution in [2.24, 2.45) is 0 Å². The third-order valence-electron chi connectivity index (χ3n) is 10.3. The molecule has 0 N–H and O–H groups in total. The Morgan fingerprint density at radius 2 is 1.03 bits per heavy atom. The van der Waals surface area contributed by atoms with Crippen LogP contribution >= 0.6 is 17.0 Å². The molecule has 38 heavy (non-hydrogen) atoms. The van der Waals surface area contributed by atoms with Gasteiger partial charge in [0.05, 0.1) is 0 Å². The summed E-state index contributed by atoms with van der Waals surface area (Å²) in [6, 6.07) is 9.48.